The van der Waals surface area contributed by atoms with E-state index in [0.29, 0.717) is 21.8 Å². The van der Waals surface area contributed by atoms with E-state index in [0.717, 1.165) is 56.3 Å². The van der Waals surface area contributed by atoms with Crippen molar-refractivity contribution in [2.24, 2.45) is 5.92 Å². The maximum atomic E-state index is 14.5. The average molecular weight is 823 g/mol. The van der Waals surface area contributed by atoms with Crippen LogP contribution in [0.15, 0.2) is 41.3 Å². The van der Waals surface area contributed by atoms with E-state index in [-0.39, 0.29) is 40.3 Å². The number of benzene rings is 1. The first kappa shape index (κ1) is 36.2. The number of ether oxygens (including phenoxy) is 3. The summed E-state index contributed by atoms with van der Waals surface area (Å²) in [7, 11) is 1.28. The Labute approximate surface area is 302 Å². The van der Waals surface area contributed by atoms with Gasteiger partial charge in [0.25, 0.3) is 0 Å². The summed E-state index contributed by atoms with van der Waals surface area (Å²) < 4.78 is 20.4. The molecule has 13 nitrogen and oxygen atoms in total. The minimum atomic E-state index is -2.97. The Balaban J connectivity index is 1.32. The van der Waals surface area contributed by atoms with Gasteiger partial charge in [-0.1, -0.05) is 0 Å². The Morgan fingerprint density at radius 1 is 1.12 bits per heavy atom. The van der Waals surface area contributed by atoms with Gasteiger partial charge in [0.05, 0.1) is 0 Å². The van der Waals surface area contributed by atoms with E-state index in [2.05, 4.69) is 13.8 Å². The van der Waals surface area contributed by atoms with Gasteiger partial charge in [0.15, 0.2) is 0 Å². The summed E-state index contributed by atoms with van der Waals surface area (Å²) >= 11 is -1.54. The summed E-state index contributed by atoms with van der Waals surface area (Å²) in [5.41, 5.74) is -0.950. The summed E-state index contributed by atoms with van der Waals surface area (Å²) in [6, 6.07) is 5.82. The van der Waals surface area contributed by atoms with Crippen molar-refractivity contribution in [3.8, 4) is 5.75 Å². The van der Waals surface area contributed by atoms with Gasteiger partial charge in [-0.25, -0.2) is 0 Å². The number of para-hydroxylation sites is 1. The van der Waals surface area contributed by atoms with Gasteiger partial charge in [0.1, 0.15) is 0 Å². The zero-order valence-electron chi connectivity index (χ0n) is 28.2. The molecule has 6 rings (SSSR count). The molecule has 2 saturated carbocycles. The first-order chi connectivity index (χ1) is 24.1. The number of aromatic nitrogens is 1. The van der Waals surface area contributed by atoms with Crippen molar-refractivity contribution in [2.45, 2.75) is 92.9 Å². The summed E-state index contributed by atoms with van der Waals surface area (Å²) in [6.45, 7) is 0.0211. The molecule has 1 aromatic carbocycles. The number of carbonyl (C=O) groups is 5. The molecule has 2 aliphatic carbocycles. The van der Waals surface area contributed by atoms with Crippen LogP contribution in [0.5, 0.6) is 5.75 Å². The van der Waals surface area contributed by atoms with Crippen LogP contribution in [0.4, 0.5) is 9.59 Å². The van der Waals surface area contributed by atoms with Crippen LogP contribution in [0.1, 0.15) is 74.7 Å². The molecule has 0 spiro atoms. The van der Waals surface area contributed by atoms with E-state index in [1.54, 1.807) is 6.07 Å². The summed E-state index contributed by atoms with van der Waals surface area (Å²) in [4.78, 5) is 73.4. The number of fused-ring (bicyclic) bond motifs is 3. The molecule has 1 saturated heterocycles. The molecule has 3 fully saturated rings. The van der Waals surface area contributed by atoms with Crippen LogP contribution >= 0.6 is 31.9 Å². The third-order valence-electron chi connectivity index (χ3n) is 9.72. The number of hydrogen-bond donors (Lipinski definition) is 3. The van der Waals surface area contributed by atoms with Crippen molar-refractivity contribution in [1.29, 1.82) is 0 Å². The molecule has 1 aromatic heterocycles. The van der Waals surface area contributed by atoms with Gasteiger partial charge in [0, 0.05) is 0 Å². The second kappa shape index (κ2) is 15.7. The van der Waals surface area contributed by atoms with Crippen LogP contribution in [0.3, 0.4) is 0 Å². The fourth-order valence-electron chi connectivity index (χ4n) is 7.00. The molecule has 4 aliphatic rings. The van der Waals surface area contributed by atoms with Crippen molar-refractivity contribution in [3.63, 3.8) is 0 Å². The molecule has 4 atom stereocenters. The standard InChI is InChI=1S/C35H43IN4O9S/c1-47-32(44)35-19-21(35)11-6-4-3-5-9-16-36(39-34(46)49-22-12-7-8-13-22)33(45)40-20-23(17-26(40)30(41)38-35)48-27-18-25(31(42)43)37-29-24(27)14-10-15-28(29)50-2/h6,10-11,14-15,18,21-23,26H,3-5,7-9,12-13,16-17,19-20H2,1-2H3,(H,38,41)(H,39,46)(H,42,43)/b11-6-/t21?,23-,26+,35-/m1/s1. The number of allylic oxidation sites excluding steroid dienone is 1. The quantitative estimate of drug-likeness (QED) is 0.0446. The number of rotatable bonds is 7. The number of halogens is 1. The van der Waals surface area contributed by atoms with Crippen LogP contribution in [0.25, 0.3) is 10.9 Å². The van der Waals surface area contributed by atoms with E-state index >= 15 is 0 Å². The molecule has 1 unspecified atom stereocenters. The number of alkyl halides is 1. The number of hydrogen-bond acceptors (Lipinski definition) is 10. The molecule has 3 amide bonds. The van der Waals surface area contributed by atoms with E-state index in [9.17, 15) is 29.1 Å². The third-order valence-corrected chi connectivity index (χ3v) is 15.2. The molecule has 2 aromatic rings. The molecule has 270 valence electrons. The summed E-state index contributed by atoms with van der Waals surface area (Å²) in [5, 5.41) is 13.4. The Kier molecular flexibility index (Phi) is 11.4. The van der Waals surface area contributed by atoms with Crippen LogP contribution in [0, 0.1) is 5.92 Å². The number of amides is 3. The zero-order chi connectivity index (χ0) is 35.4. The first-order valence-corrected chi connectivity index (χ1v) is 21.9. The number of carbonyl (C=O) groups excluding carboxylic acids is 4. The van der Waals surface area contributed by atoms with Gasteiger partial charge < -0.3 is 0 Å². The first-order valence-electron chi connectivity index (χ1n) is 17.0. The average Bonchev–Trinajstić information content (AvgIpc) is 3.38. The van der Waals surface area contributed by atoms with Gasteiger partial charge in [0.2, 0.25) is 0 Å². The molecule has 3 N–H and O–H groups in total. The molecule has 0 bridgehead atoms. The number of carboxylic acids is 1. The number of thioether (sulfide) groups is 1. The van der Waals surface area contributed by atoms with Crippen LogP contribution in [-0.4, -0.2) is 91.0 Å². The third kappa shape index (κ3) is 7.82. The Hall–Kier alpha value is -3.60. The maximum absolute atomic E-state index is 14.5. The molecule has 15 heteroatoms. The Morgan fingerprint density at radius 2 is 1.92 bits per heavy atom. The van der Waals surface area contributed by atoms with Crippen LogP contribution in [0.2, 0.25) is 0 Å². The number of aromatic carboxylic acids is 1. The van der Waals surface area contributed by atoms with Gasteiger partial charge in [-0.05, 0) is 0 Å². The van der Waals surface area contributed by atoms with E-state index in [1.165, 1.54) is 29.8 Å². The van der Waals surface area contributed by atoms with Gasteiger partial charge in [-0.2, -0.15) is 0 Å². The zero-order valence-corrected chi connectivity index (χ0v) is 31.1. The second-order valence-electron chi connectivity index (χ2n) is 13.1. The predicted octanol–water partition coefficient (Wildman–Crippen LogP) is 5.86. The van der Waals surface area contributed by atoms with Crippen LogP contribution < -0.4 is 13.6 Å². The fraction of sp³-hybridized carbons (Fsp3) is 0.543. The molecular weight excluding hydrogens is 779 g/mol. The second-order valence-corrected chi connectivity index (χ2v) is 18.5. The normalized spacial score (nSPS) is 27.3. The molecule has 50 heavy (non-hydrogen) atoms. The van der Waals surface area contributed by atoms with E-state index < -0.39 is 61.7 Å². The van der Waals surface area contributed by atoms with E-state index in [4.69, 9.17) is 14.2 Å². The predicted molar refractivity (Wildman–Crippen MR) is 195 cm³/mol. The van der Waals surface area contributed by atoms with Crippen molar-refractivity contribution >= 4 is 70.6 Å². The molecule has 2 aliphatic heterocycles. The molecular formula is C35H43IN4O9S. The van der Waals surface area contributed by atoms with Crippen molar-refractivity contribution in [1.82, 2.24) is 18.7 Å². The molecule has 0 radical (unpaired) electrons. The number of nitrogens with zero attached hydrogens (tertiary/aromatic N) is 2. The topological polar surface area (TPSA) is 173 Å². The molecule has 3 heterocycles. The number of methoxy groups -OCH3 is 1. The summed E-state index contributed by atoms with van der Waals surface area (Å²) in [5.74, 6) is -2.24. The van der Waals surface area contributed by atoms with Crippen molar-refractivity contribution < 1.29 is 43.3 Å². The van der Waals surface area contributed by atoms with Crippen molar-refractivity contribution in [2.75, 3.05) is 24.3 Å². The monoisotopic (exact) mass is 822 g/mol. The van der Waals surface area contributed by atoms with Gasteiger partial charge >= 0.3 is 304 Å². The minimum absolute atomic E-state index is 0.0211. The van der Waals surface area contributed by atoms with Gasteiger partial charge in [-0.3, -0.25) is 0 Å². The number of esters is 1. The Morgan fingerprint density at radius 3 is 2.66 bits per heavy atom. The van der Waals surface area contributed by atoms with Crippen molar-refractivity contribution in [3.05, 3.63) is 42.1 Å². The van der Waals surface area contributed by atoms with E-state index in [1.807, 2.05) is 30.5 Å². The van der Waals surface area contributed by atoms with Gasteiger partial charge in [-0.15, -0.1) is 0 Å². The number of nitrogens with one attached hydrogen (secondary N) is 2. The number of carboxylic acid groups (broad SMARTS) is 1. The number of pyridine rings is 1. The van der Waals surface area contributed by atoms with Crippen LogP contribution in [-0.2, 0) is 19.1 Å². The summed E-state index contributed by atoms with van der Waals surface area (Å²) in [6.07, 6.45) is 11.7. The SMILES string of the molecule is COC(=O)[C@@]12CC1/C=C\CCCCCI(NC(=O)OC1CCCC1)C(=O)N1C[C@H](Oc3cc(C(=O)O)nc4c(SC)cccc34)C[C@H]1C(=O)N2. The Bertz CT molecular complexity index is 1680. The fourth-order valence-corrected chi connectivity index (χ4v) is 11.8.